The second kappa shape index (κ2) is 6.38. The second-order valence-electron chi connectivity index (χ2n) is 4.14. The van der Waals surface area contributed by atoms with Crippen molar-refractivity contribution < 1.29 is 4.74 Å². The third-order valence-electron chi connectivity index (χ3n) is 2.65. The number of nitrogens with zero attached hydrogens (tertiary/aromatic N) is 2. The summed E-state index contributed by atoms with van der Waals surface area (Å²) in [5.74, 6) is 0.609. The summed E-state index contributed by atoms with van der Waals surface area (Å²) in [6, 6.07) is 11.3. The highest BCUT2D eigenvalue weighted by Gasteiger charge is 1.99. The molecule has 0 radical (unpaired) electrons. The van der Waals surface area contributed by atoms with Crippen LogP contribution < -0.4 is 15.9 Å². The second-order valence-corrected chi connectivity index (χ2v) is 4.14. The van der Waals surface area contributed by atoms with Crippen molar-refractivity contribution in [3.05, 3.63) is 62.7 Å². The molecule has 0 fully saturated rings. The average Bonchev–Trinajstić information content (AvgIpc) is 2.47. The van der Waals surface area contributed by atoms with Crippen LogP contribution in [-0.4, -0.2) is 16.4 Å². The summed E-state index contributed by atoms with van der Waals surface area (Å²) in [7, 11) is 0. The van der Waals surface area contributed by atoms with Gasteiger partial charge in [0, 0.05) is 25.1 Å². The molecule has 0 saturated heterocycles. The number of aromatic amines is 1. The van der Waals surface area contributed by atoms with Gasteiger partial charge in [0.2, 0.25) is 0 Å². The molecule has 0 spiro atoms. The van der Waals surface area contributed by atoms with Gasteiger partial charge in [-0.15, -0.1) is 0 Å². The zero-order chi connectivity index (χ0) is 14.4. The number of nitrogens with one attached hydrogen (secondary N) is 1. The molecule has 0 atom stereocenters. The lowest BCUT2D eigenvalue weighted by molar-refractivity contribution is 0.296. The Morgan fingerprint density at radius 2 is 2.10 bits per heavy atom. The SMILES string of the molecule is N#Cc1cccc(OCCCn2[nH]c(=O)ccc2=O)c1. The van der Waals surface area contributed by atoms with Crippen LogP contribution in [0.3, 0.4) is 0 Å². The first-order valence-corrected chi connectivity index (χ1v) is 6.12. The van der Waals surface area contributed by atoms with Crippen molar-refractivity contribution in [2.75, 3.05) is 6.61 Å². The molecule has 2 aromatic rings. The Balaban J connectivity index is 1.87. The zero-order valence-corrected chi connectivity index (χ0v) is 10.7. The van der Waals surface area contributed by atoms with Crippen LogP contribution in [0, 0.1) is 11.3 Å². The maximum atomic E-state index is 11.4. The van der Waals surface area contributed by atoms with Crippen molar-refractivity contribution in [1.29, 1.82) is 5.26 Å². The van der Waals surface area contributed by atoms with E-state index in [1.807, 2.05) is 6.07 Å². The smallest absolute Gasteiger partial charge is 0.265 e. The van der Waals surface area contributed by atoms with Crippen LogP contribution in [0.5, 0.6) is 5.75 Å². The predicted octanol–water partition coefficient (Wildman–Crippen LogP) is 0.877. The molecular formula is C14H13N3O3. The fourth-order valence-electron chi connectivity index (χ4n) is 1.70. The lowest BCUT2D eigenvalue weighted by Gasteiger charge is -2.07. The summed E-state index contributed by atoms with van der Waals surface area (Å²) in [6.45, 7) is 0.755. The molecule has 1 heterocycles. The molecule has 1 N–H and O–H groups in total. The van der Waals surface area contributed by atoms with Crippen LogP contribution in [-0.2, 0) is 6.54 Å². The predicted molar refractivity (Wildman–Crippen MR) is 72.6 cm³/mol. The third kappa shape index (κ3) is 3.59. The van der Waals surface area contributed by atoms with Crippen molar-refractivity contribution in [3.8, 4) is 11.8 Å². The van der Waals surface area contributed by atoms with E-state index in [4.69, 9.17) is 10.00 Å². The van der Waals surface area contributed by atoms with E-state index in [0.29, 0.717) is 30.9 Å². The van der Waals surface area contributed by atoms with E-state index in [0.717, 1.165) is 0 Å². The van der Waals surface area contributed by atoms with Gasteiger partial charge in [0.25, 0.3) is 11.1 Å². The largest absolute Gasteiger partial charge is 0.493 e. The summed E-state index contributed by atoms with van der Waals surface area (Å²) in [5, 5.41) is 11.2. The Kier molecular flexibility index (Phi) is 4.35. The Bertz CT molecular complexity index is 740. The van der Waals surface area contributed by atoms with E-state index in [-0.39, 0.29) is 11.1 Å². The first kappa shape index (κ1) is 13.6. The number of hydrogen-bond acceptors (Lipinski definition) is 4. The Labute approximate surface area is 114 Å². The molecule has 0 aliphatic heterocycles. The summed E-state index contributed by atoms with van der Waals surface area (Å²) >= 11 is 0. The molecule has 102 valence electrons. The molecule has 6 nitrogen and oxygen atoms in total. The molecule has 0 saturated carbocycles. The highest BCUT2D eigenvalue weighted by atomic mass is 16.5. The standard InChI is InChI=1S/C14H13N3O3/c15-10-11-3-1-4-12(9-11)20-8-2-7-17-14(19)6-5-13(18)16-17/h1,3-6,9H,2,7-8H2,(H,16,18). The summed E-state index contributed by atoms with van der Waals surface area (Å²) < 4.78 is 6.73. The van der Waals surface area contributed by atoms with E-state index in [9.17, 15) is 9.59 Å². The summed E-state index contributed by atoms with van der Waals surface area (Å²) in [5.41, 5.74) is -0.0329. The van der Waals surface area contributed by atoms with Crippen molar-refractivity contribution in [3.63, 3.8) is 0 Å². The van der Waals surface area contributed by atoms with Crippen LogP contribution in [0.25, 0.3) is 0 Å². The number of hydrogen-bond donors (Lipinski definition) is 1. The van der Waals surface area contributed by atoms with E-state index in [2.05, 4.69) is 5.10 Å². The number of ether oxygens (including phenoxy) is 1. The summed E-state index contributed by atoms with van der Waals surface area (Å²) in [4.78, 5) is 22.5. The van der Waals surface area contributed by atoms with Gasteiger partial charge in [-0.2, -0.15) is 5.26 Å². The average molecular weight is 271 g/mol. The molecule has 0 aliphatic rings. The maximum absolute atomic E-state index is 11.4. The van der Waals surface area contributed by atoms with Crippen LogP contribution in [0.15, 0.2) is 46.0 Å². The van der Waals surface area contributed by atoms with Crippen LogP contribution in [0.4, 0.5) is 0 Å². The van der Waals surface area contributed by atoms with Gasteiger partial charge in [-0.3, -0.25) is 19.4 Å². The van der Waals surface area contributed by atoms with Crippen molar-refractivity contribution >= 4 is 0 Å². The van der Waals surface area contributed by atoms with Gasteiger partial charge in [-0.25, -0.2) is 0 Å². The van der Waals surface area contributed by atoms with Crippen LogP contribution in [0.1, 0.15) is 12.0 Å². The van der Waals surface area contributed by atoms with E-state index < -0.39 is 0 Å². The van der Waals surface area contributed by atoms with E-state index in [1.54, 1.807) is 24.3 Å². The summed E-state index contributed by atoms with van der Waals surface area (Å²) in [6.07, 6.45) is 0.566. The molecule has 0 aliphatic carbocycles. The number of aromatic nitrogens is 2. The minimum atomic E-state index is -0.313. The fraction of sp³-hybridized carbons (Fsp3) is 0.214. The monoisotopic (exact) mass is 271 g/mol. The highest BCUT2D eigenvalue weighted by molar-refractivity contribution is 5.36. The van der Waals surface area contributed by atoms with Gasteiger partial charge in [0.1, 0.15) is 5.75 Å². The van der Waals surface area contributed by atoms with Gasteiger partial charge in [-0.1, -0.05) is 6.07 Å². The zero-order valence-electron chi connectivity index (χ0n) is 10.7. The van der Waals surface area contributed by atoms with Gasteiger partial charge >= 0.3 is 0 Å². The molecule has 1 aromatic heterocycles. The van der Waals surface area contributed by atoms with Gasteiger partial charge in [-0.05, 0) is 18.2 Å². The molecule has 20 heavy (non-hydrogen) atoms. The number of rotatable bonds is 5. The normalized spacial score (nSPS) is 9.95. The van der Waals surface area contributed by atoms with E-state index in [1.165, 1.54) is 16.8 Å². The third-order valence-corrected chi connectivity index (χ3v) is 2.65. The Morgan fingerprint density at radius 1 is 1.25 bits per heavy atom. The molecule has 6 heteroatoms. The van der Waals surface area contributed by atoms with Gasteiger partial charge in [0.15, 0.2) is 0 Å². The maximum Gasteiger partial charge on any atom is 0.265 e. The first-order valence-electron chi connectivity index (χ1n) is 6.12. The number of aryl methyl sites for hydroxylation is 1. The minimum absolute atomic E-state index is 0.254. The lowest BCUT2D eigenvalue weighted by atomic mass is 10.2. The van der Waals surface area contributed by atoms with Gasteiger partial charge < -0.3 is 4.74 Å². The topological polar surface area (TPSA) is 87.9 Å². The van der Waals surface area contributed by atoms with Crippen LogP contribution in [0.2, 0.25) is 0 Å². The highest BCUT2D eigenvalue weighted by Crippen LogP contribution is 2.12. The van der Waals surface area contributed by atoms with Gasteiger partial charge in [0.05, 0.1) is 18.2 Å². The number of H-pyrrole nitrogens is 1. The molecule has 0 bridgehead atoms. The first-order chi connectivity index (χ1) is 9.69. The fourth-order valence-corrected chi connectivity index (χ4v) is 1.70. The molecule has 2 rings (SSSR count). The molecule has 0 amide bonds. The quantitative estimate of drug-likeness (QED) is 0.817. The number of nitriles is 1. The minimum Gasteiger partial charge on any atom is -0.493 e. The van der Waals surface area contributed by atoms with E-state index >= 15 is 0 Å². The lowest BCUT2D eigenvalue weighted by Crippen LogP contribution is -2.28. The Hall–Kier alpha value is -2.81. The van der Waals surface area contributed by atoms with Crippen molar-refractivity contribution in [2.24, 2.45) is 0 Å². The van der Waals surface area contributed by atoms with Crippen molar-refractivity contribution in [2.45, 2.75) is 13.0 Å². The number of benzene rings is 1. The molecular weight excluding hydrogens is 258 g/mol. The Morgan fingerprint density at radius 3 is 2.90 bits per heavy atom. The van der Waals surface area contributed by atoms with Crippen LogP contribution >= 0.6 is 0 Å². The van der Waals surface area contributed by atoms with Crippen molar-refractivity contribution in [1.82, 2.24) is 9.78 Å². The molecule has 0 unspecified atom stereocenters. The molecule has 1 aromatic carbocycles.